The van der Waals surface area contributed by atoms with Crippen LogP contribution in [0.25, 0.3) is 0 Å². The number of benzene rings is 2. The van der Waals surface area contributed by atoms with Gasteiger partial charge in [0.15, 0.2) is 0 Å². The van der Waals surface area contributed by atoms with E-state index < -0.39 is 0 Å². The zero-order valence-electron chi connectivity index (χ0n) is 9.11. The Morgan fingerprint density at radius 3 is 2.06 bits per heavy atom. The molecular weight excluding hydrogens is 214 g/mol. The molecule has 0 bridgehead atoms. The van der Waals surface area contributed by atoms with Gasteiger partial charge < -0.3 is 5.21 Å². The van der Waals surface area contributed by atoms with E-state index in [2.05, 4.69) is 0 Å². The predicted molar refractivity (Wildman–Crippen MR) is 66.6 cm³/mol. The SMILES string of the molecule is O=C(/C=[N+](/[O-])c1ccccc1)c1ccccc1. The van der Waals surface area contributed by atoms with Crippen molar-refractivity contribution in [3.63, 3.8) is 0 Å². The molecule has 0 radical (unpaired) electrons. The number of nitrogens with zero attached hydrogens (tertiary/aromatic N) is 1. The fraction of sp³-hybridized carbons (Fsp3) is 0. The first kappa shape index (κ1) is 11.1. The Morgan fingerprint density at radius 1 is 0.941 bits per heavy atom. The second-order valence-corrected chi connectivity index (χ2v) is 3.52. The Kier molecular flexibility index (Phi) is 3.31. The molecule has 0 aromatic heterocycles. The van der Waals surface area contributed by atoms with E-state index in [9.17, 15) is 10.0 Å². The van der Waals surface area contributed by atoms with Crippen molar-refractivity contribution >= 4 is 17.7 Å². The van der Waals surface area contributed by atoms with Crippen molar-refractivity contribution in [1.82, 2.24) is 0 Å². The summed E-state index contributed by atoms with van der Waals surface area (Å²) in [6.45, 7) is 0. The van der Waals surface area contributed by atoms with Crippen molar-refractivity contribution in [2.24, 2.45) is 0 Å². The zero-order chi connectivity index (χ0) is 12.1. The van der Waals surface area contributed by atoms with Crippen molar-refractivity contribution in [3.05, 3.63) is 71.4 Å². The maximum absolute atomic E-state index is 11.7. The van der Waals surface area contributed by atoms with Crippen LogP contribution in [0.4, 0.5) is 5.69 Å². The average molecular weight is 225 g/mol. The minimum atomic E-state index is -0.301. The van der Waals surface area contributed by atoms with E-state index in [-0.39, 0.29) is 5.78 Å². The van der Waals surface area contributed by atoms with Crippen molar-refractivity contribution < 1.29 is 9.53 Å². The van der Waals surface area contributed by atoms with Crippen LogP contribution in [-0.2, 0) is 0 Å². The highest BCUT2D eigenvalue weighted by Gasteiger charge is 2.07. The predicted octanol–water partition coefficient (Wildman–Crippen LogP) is 2.78. The van der Waals surface area contributed by atoms with Crippen LogP contribution < -0.4 is 0 Å². The standard InChI is InChI=1S/C14H11NO2/c16-14(12-7-3-1-4-8-12)11-15(17)13-9-5-2-6-10-13/h1-11H/b15-11+. The number of carbonyl (C=O) groups is 1. The highest BCUT2D eigenvalue weighted by atomic mass is 16.5. The number of ketones is 1. The molecule has 0 heterocycles. The monoisotopic (exact) mass is 225 g/mol. The van der Waals surface area contributed by atoms with Crippen LogP contribution in [0, 0.1) is 5.21 Å². The molecule has 0 saturated carbocycles. The van der Waals surface area contributed by atoms with Gasteiger partial charge in [0.2, 0.25) is 17.7 Å². The van der Waals surface area contributed by atoms with Gasteiger partial charge in [0.05, 0.1) is 0 Å². The molecule has 17 heavy (non-hydrogen) atoms. The van der Waals surface area contributed by atoms with Crippen molar-refractivity contribution in [1.29, 1.82) is 0 Å². The van der Waals surface area contributed by atoms with Crippen LogP contribution >= 0.6 is 0 Å². The lowest BCUT2D eigenvalue weighted by Crippen LogP contribution is -2.08. The van der Waals surface area contributed by atoms with E-state index in [1.165, 1.54) is 0 Å². The molecule has 0 unspecified atom stereocenters. The molecule has 0 saturated heterocycles. The van der Waals surface area contributed by atoms with E-state index in [0.717, 1.165) is 6.21 Å². The summed E-state index contributed by atoms with van der Waals surface area (Å²) in [4.78, 5) is 11.7. The molecule has 84 valence electrons. The van der Waals surface area contributed by atoms with Crippen LogP contribution in [0.2, 0.25) is 0 Å². The Morgan fingerprint density at radius 2 is 1.47 bits per heavy atom. The summed E-state index contributed by atoms with van der Waals surface area (Å²) in [6.07, 6.45) is 1.05. The molecular formula is C14H11NO2. The highest BCUT2D eigenvalue weighted by Crippen LogP contribution is 2.08. The lowest BCUT2D eigenvalue weighted by Gasteiger charge is -2.01. The Bertz CT molecular complexity index is 533. The topological polar surface area (TPSA) is 43.1 Å². The van der Waals surface area contributed by atoms with Gasteiger partial charge in [0.1, 0.15) is 0 Å². The van der Waals surface area contributed by atoms with E-state index in [1.807, 2.05) is 12.1 Å². The minimum absolute atomic E-state index is 0.301. The third kappa shape index (κ3) is 2.78. The van der Waals surface area contributed by atoms with E-state index >= 15 is 0 Å². The zero-order valence-corrected chi connectivity index (χ0v) is 9.11. The molecule has 0 aliphatic carbocycles. The van der Waals surface area contributed by atoms with Crippen LogP contribution in [0.5, 0.6) is 0 Å². The molecule has 0 aliphatic rings. The molecule has 2 rings (SSSR count). The van der Waals surface area contributed by atoms with Gasteiger partial charge >= 0.3 is 0 Å². The first-order valence-corrected chi connectivity index (χ1v) is 5.23. The Balaban J connectivity index is 2.24. The average Bonchev–Trinajstić information content (AvgIpc) is 2.40. The second kappa shape index (κ2) is 5.07. The maximum atomic E-state index is 11.7. The molecule has 2 aromatic carbocycles. The van der Waals surface area contributed by atoms with Gasteiger partial charge in [-0.1, -0.05) is 48.5 Å². The van der Waals surface area contributed by atoms with Crippen molar-refractivity contribution in [3.8, 4) is 0 Å². The molecule has 0 N–H and O–H groups in total. The number of carbonyl (C=O) groups excluding carboxylic acids is 1. The van der Waals surface area contributed by atoms with Gasteiger partial charge in [-0.15, -0.1) is 0 Å². The summed E-state index contributed by atoms with van der Waals surface area (Å²) in [5.41, 5.74) is 0.945. The number of hydrogen-bond acceptors (Lipinski definition) is 2. The van der Waals surface area contributed by atoms with Crippen molar-refractivity contribution in [2.75, 3.05) is 0 Å². The first-order chi connectivity index (χ1) is 8.27. The van der Waals surface area contributed by atoms with Gasteiger partial charge in [-0.3, -0.25) is 4.79 Å². The maximum Gasteiger partial charge on any atom is 0.250 e. The van der Waals surface area contributed by atoms with Crippen LogP contribution in [0.15, 0.2) is 60.7 Å². The Hall–Kier alpha value is -2.42. The molecule has 3 nitrogen and oxygen atoms in total. The van der Waals surface area contributed by atoms with Gasteiger partial charge in [0.25, 0.3) is 0 Å². The molecule has 0 atom stereocenters. The van der Waals surface area contributed by atoms with Gasteiger partial charge in [-0.2, -0.15) is 4.74 Å². The molecule has 0 spiro atoms. The molecule has 2 aromatic rings. The number of rotatable bonds is 3. The molecule has 3 heteroatoms. The summed E-state index contributed by atoms with van der Waals surface area (Å²) in [5.74, 6) is -0.301. The van der Waals surface area contributed by atoms with E-state index in [4.69, 9.17) is 0 Å². The Labute approximate surface area is 99.2 Å². The summed E-state index contributed by atoms with van der Waals surface area (Å²) >= 11 is 0. The number of para-hydroxylation sites is 1. The van der Waals surface area contributed by atoms with Gasteiger partial charge in [0, 0.05) is 17.7 Å². The summed E-state index contributed by atoms with van der Waals surface area (Å²) < 4.78 is 0.579. The fourth-order valence-electron chi connectivity index (χ4n) is 1.43. The third-order valence-corrected chi connectivity index (χ3v) is 2.30. The molecule has 0 fully saturated rings. The van der Waals surface area contributed by atoms with Gasteiger partial charge in [-0.05, 0) is 0 Å². The summed E-state index contributed by atoms with van der Waals surface area (Å²) in [6, 6.07) is 17.3. The molecule has 0 aliphatic heterocycles. The normalized spacial score (nSPS) is 11.2. The van der Waals surface area contributed by atoms with E-state index in [0.29, 0.717) is 16.0 Å². The second-order valence-electron chi connectivity index (χ2n) is 3.52. The van der Waals surface area contributed by atoms with Crippen LogP contribution in [-0.4, -0.2) is 16.7 Å². The summed E-state index contributed by atoms with van der Waals surface area (Å²) in [7, 11) is 0. The quantitative estimate of drug-likeness (QED) is 0.265. The lowest BCUT2D eigenvalue weighted by atomic mass is 10.1. The van der Waals surface area contributed by atoms with Crippen molar-refractivity contribution in [2.45, 2.75) is 0 Å². The van der Waals surface area contributed by atoms with Gasteiger partial charge in [-0.25, -0.2) is 0 Å². The smallest absolute Gasteiger partial charge is 0.250 e. The van der Waals surface area contributed by atoms with Crippen LogP contribution in [0.3, 0.4) is 0 Å². The third-order valence-electron chi connectivity index (χ3n) is 2.30. The highest BCUT2D eigenvalue weighted by molar-refractivity contribution is 6.33. The van der Waals surface area contributed by atoms with Crippen LogP contribution in [0.1, 0.15) is 10.4 Å². The summed E-state index contributed by atoms with van der Waals surface area (Å²) in [5, 5.41) is 11.7. The largest absolute Gasteiger partial charge is 0.618 e. The number of Topliss-reactive ketones (excluding diaryl/α,β-unsaturated/α-hetero) is 1. The first-order valence-electron chi connectivity index (χ1n) is 5.23. The fourth-order valence-corrected chi connectivity index (χ4v) is 1.43. The molecule has 0 amide bonds. The lowest BCUT2D eigenvalue weighted by molar-refractivity contribution is -0.353. The minimum Gasteiger partial charge on any atom is -0.618 e. The number of hydrogen-bond donors (Lipinski definition) is 0. The van der Waals surface area contributed by atoms with E-state index in [1.54, 1.807) is 48.5 Å².